The Bertz CT molecular complexity index is 1140. The largest absolute Gasteiger partial charge is 0.489 e. The molecule has 0 saturated heterocycles. The molecule has 31 heavy (non-hydrogen) atoms. The molecule has 0 amide bonds. The van der Waals surface area contributed by atoms with Gasteiger partial charge in [-0.2, -0.15) is 0 Å². The SMILES string of the molecule is Cc1ccc(C)c(OCc2cccc(C(=O)O/N=C(\N)c3ccc([N+](=O)[O-])cc3)c2)c1. The number of nitro benzene ring substituents is 1. The zero-order chi connectivity index (χ0) is 22.4. The first kappa shape index (κ1) is 21.5. The number of hydrogen-bond acceptors (Lipinski definition) is 6. The molecule has 0 bridgehead atoms. The van der Waals surface area contributed by atoms with E-state index in [9.17, 15) is 14.9 Å². The third kappa shape index (κ3) is 5.66. The number of hydrogen-bond donors (Lipinski definition) is 1. The van der Waals surface area contributed by atoms with Crippen molar-refractivity contribution in [2.24, 2.45) is 10.9 Å². The Balaban J connectivity index is 1.64. The second-order valence-corrected chi connectivity index (χ2v) is 6.92. The number of aryl methyl sites for hydroxylation is 2. The molecule has 2 N–H and O–H groups in total. The number of non-ortho nitro benzene ring substituents is 1. The molecule has 0 aliphatic heterocycles. The summed E-state index contributed by atoms with van der Waals surface area (Å²) >= 11 is 0. The molecule has 0 saturated carbocycles. The van der Waals surface area contributed by atoms with E-state index in [1.165, 1.54) is 24.3 Å². The summed E-state index contributed by atoms with van der Waals surface area (Å²) in [7, 11) is 0. The Labute approximate surface area is 179 Å². The molecular weight excluding hydrogens is 398 g/mol. The van der Waals surface area contributed by atoms with E-state index in [0.29, 0.717) is 17.7 Å². The minimum absolute atomic E-state index is 0.0716. The average molecular weight is 419 g/mol. The van der Waals surface area contributed by atoms with E-state index in [2.05, 4.69) is 5.16 Å². The fraction of sp³-hybridized carbons (Fsp3) is 0.130. The summed E-state index contributed by atoms with van der Waals surface area (Å²) in [4.78, 5) is 27.4. The molecule has 0 heterocycles. The van der Waals surface area contributed by atoms with Crippen LogP contribution in [0.3, 0.4) is 0 Å². The summed E-state index contributed by atoms with van der Waals surface area (Å²) in [6, 6.07) is 18.2. The van der Waals surface area contributed by atoms with Gasteiger partial charge in [-0.3, -0.25) is 10.1 Å². The molecule has 3 aromatic rings. The monoisotopic (exact) mass is 419 g/mol. The van der Waals surface area contributed by atoms with Gasteiger partial charge in [0.2, 0.25) is 0 Å². The van der Waals surface area contributed by atoms with Gasteiger partial charge >= 0.3 is 5.97 Å². The van der Waals surface area contributed by atoms with E-state index >= 15 is 0 Å². The summed E-state index contributed by atoms with van der Waals surface area (Å²) in [5, 5.41) is 14.3. The molecule has 0 aliphatic carbocycles. The third-order valence-corrected chi connectivity index (χ3v) is 4.50. The van der Waals surface area contributed by atoms with Crippen molar-refractivity contribution in [1.82, 2.24) is 0 Å². The first-order valence-corrected chi connectivity index (χ1v) is 9.42. The van der Waals surface area contributed by atoms with Gasteiger partial charge in [-0.1, -0.05) is 29.4 Å². The van der Waals surface area contributed by atoms with Crippen molar-refractivity contribution in [1.29, 1.82) is 0 Å². The van der Waals surface area contributed by atoms with Crippen molar-refractivity contribution in [3.63, 3.8) is 0 Å². The van der Waals surface area contributed by atoms with Crippen molar-refractivity contribution >= 4 is 17.5 Å². The van der Waals surface area contributed by atoms with Crippen molar-refractivity contribution in [3.8, 4) is 5.75 Å². The first-order chi connectivity index (χ1) is 14.8. The predicted molar refractivity (Wildman–Crippen MR) is 116 cm³/mol. The topological polar surface area (TPSA) is 117 Å². The van der Waals surface area contributed by atoms with Gasteiger partial charge in [0.15, 0.2) is 5.84 Å². The molecule has 0 aromatic heterocycles. The Morgan fingerprint density at radius 2 is 1.77 bits per heavy atom. The molecular formula is C23H21N3O5. The molecule has 0 aliphatic rings. The molecule has 8 heteroatoms. The number of benzene rings is 3. The lowest BCUT2D eigenvalue weighted by molar-refractivity contribution is -0.384. The van der Waals surface area contributed by atoms with E-state index in [0.717, 1.165) is 22.4 Å². The summed E-state index contributed by atoms with van der Waals surface area (Å²) in [6.07, 6.45) is 0. The molecule has 0 fully saturated rings. The van der Waals surface area contributed by atoms with E-state index in [-0.39, 0.29) is 11.5 Å². The Hall–Kier alpha value is -4.20. The number of nitrogens with zero attached hydrogens (tertiary/aromatic N) is 2. The lowest BCUT2D eigenvalue weighted by Crippen LogP contribution is -2.15. The highest BCUT2D eigenvalue weighted by Crippen LogP contribution is 2.21. The quantitative estimate of drug-likeness (QED) is 0.201. The van der Waals surface area contributed by atoms with Gasteiger partial charge < -0.3 is 15.3 Å². The third-order valence-electron chi connectivity index (χ3n) is 4.50. The molecule has 158 valence electrons. The van der Waals surface area contributed by atoms with Crippen LogP contribution in [0.2, 0.25) is 0 Å². The van der Waals surface area contributed by atoms with Crippen LogP contribution in [0.1, 0.15) is 32.6 Å². The molecule has 8 nitrogen and oxygen atoms in total. The number of carbonyl (C=O) groups excluding carboxylic acids is 1. The Morgan fingerprint density at radius 1 is 1.03 bits per heavy atom. The van der Waals surface area contributed by atoms with Crippen molar-refractivity contribution in [3.05, 3.63) is 105 Å². The smallest absolute Gasteiger partial charge is 0.365 e. The zero-order valence-corrected chi connectivity index (χ0v) is 17.1. The standard InChI is InChI=1S/C23H21N3O5/c1-15-6-7-16(2)21(12-15)30-14-17-4-3-5-19(13-17)23(27)31-25-22(24)18-8-10-20(11-9-18)26(28)29/h3-13H,14H2,1-2H3,(H2,24,25). The van der Waals surface area contributed by atoms with Crippen LogP contribution in [0.15, 0.2) is 71.9 Å². The Kier molecular flexibility index (Phi) is 6.61. The van der Waals surface area contributed by atoms with E-state index < -0.39 is 10.9 Å². The van der Waals surface area contributed by atoms with E-state index in [1.54, 1.807) is 18.2 Å². The lowest BCUT2D eigenvalue weighted by Gasteiger charge is -2.10. The van der Waals surface area contributed by atoms with Crippen molar-refractivity contribution < 1.29 is 19.3 Å². The fourth-order valence-electron chi connectivity index (χ4n) is 2.76. The number of ether oxygens (including phenoxy) is 1. The van der Waals surface area contributed by atoms with Crippen LogP contribution in [-0.4, -0.2) is 16.7 Å². The highest BCUT2D eigenvalue weighted by molar-refractivity contribution is 5.98. The van der Waals surface area contributed by atoms with Crippen LogP contribution in [-0.2, 0) is 11.4 Å². The number of oxime groups is 1. The van der Waals surface area contributed by atoms with Crippen molar-refractivity contribution in [2.75, 3.05) is 0 Å². The maximum atomic E-state index is 12.3. The minimum Gasteiger partial charge on any atom is -0.489 e. The highest BCUT2D eigenvalue weighted by atomic mass is 16.7. The van der Waals surface area contributed by atoms with Gasteiger partial charge in [0.1, 0.15) is 12.4 Å². The number of amidine groups is 1. The maximum Gasteiger partial charge on any atom is 0.365 e. The van der Waals surface area contributed by atoms with Crippen molar-refractivity contribution in [2.45, 2.75) is 20.5 Å². The van der Waals surface area contributed by atoms with Crippen LogP contribution in [0.4, 0.5) is 5.69 Å². The molecule has 0 atom stereocenters. The molecule has 3 aromatic carbocycles. The van der Waals surface area contributed by atoms with Gasteiger partial charge in [-0.25, -0.2) is 4.79 Å². The average Bonchev–Trinajstić information content (AvgIpc) is 2.78. The second kappa shape index (κ2) is 9.53. The molecule has 0 spiro atoms. The predicted octanol–water partition coefficient (Wildman–Crippen LogP) is 4.27. The van der Waals surface area contributed by atoms with Crippen LogP contribution in [0.25, 0.3) is 0 Å². The van der Waals surface area contributed by atoms with Crippen LogP contribution < -0.4 is 10.5 Å². The zero-order valence-electron chi connectivity index (χ0n) is 17.1. The molecule has 3 rings (SSSR count). The lowest BCUT2D eigenvalue weighted by atomic mass is 10.1. The van der Waals surface area contributed by atoms with Gasteiger partial charge in [0.05, 0.1) is 10.5 Å². The summed E-state index contributed by atoms with van der Waals surface area (Å²) in [5.41, 5.74) is 9.33. The van der Waals surface area contributed by atoms with Crippen LogP contribution in [0, 0.1) is 24.0 Å². The van der Waals surface area contributed by atoms with Crippen LogP contribution >= 0.6 is 0 Å². The van der Waals surface area contributed by atoms with Gasteiger partial charge in [0, 0.05) is 17.7 Å². The summed E-state index contributed by atoms with van der Waals surface area (Å²) in [6.45, 7) is 4.25. The summed E-state index contributed by atoms with van der Waals surface area (Å²) in [5.74, 6) is 0.0320. The van der Waals surface area contributed by atoms with Crippen LogP contribution in [0.5, 0.6) is 5.75 Å². The number of carbonyl (C=O) groups is 1. The van der Waals surface area contributed by atoms with E-state index in [4.69, 9.17) is 15.3 Å². The first-order valence-electron chi connectivity index (χ1n) is 9.42. The summed E-state index contributed by atoms with van der Waals surface area (Å²) < 4.78 is 5.87. The Morgan fingerprint density at radius 3 is 2.48 bits per heavy atom. The van der Waals surface area contributed by atoms with Gasteiger partial charge in [0.25, 0.3) is 5.69 Å². The molecule has 0 radical (unpaired) electrons. The van der Waals surface area contributed by atoms with Gasteiger partial charge in [-0.15, -0.1) is 0 Å². The van der Waals surface area contributed by atoms with Gasteiger partial charge in [-0.05, 0) is 60.9 Å². The fourth-order valence-corrected chi connectivity index (χ4v) is 2.76. The number of nitro groups is 1. The second-order valence-electron chi connectivity index (χ2n) is 6.92. The highest BCUT2D eigenvalue weighted by Gasteiger charge is 2.11. The normalized spacial score (nSPS) is 11.1. The molecule has 0 unspecified atom stereocenters. The van der Waals surface area contributed by atoms with E-state index in [1.807, 2.05) is 38.1 Å². The maximum absolute atomic E-state index is 12.3. The number of nitrogens with two attached hydrogens (primary N) is 1. The minimum atomic E-state index is -0.682. The number of rotatable bonds is 7.